The average Bonchev–Trinajstić information content (AvgIpc) is 2.55. The van der Waals surface area contributed by atoms with Crippen LogP contribution < -0.4 is 5.32 Å². The number of likely N-dealkylation sites (tertiary alicyclic amines) is 1. The van der Waals surface area contributed by atoms with Gasteiger partial charge in [-0.25, -0.2) is 0 Å². The number of carbonyl (C=O) groups excluding carboxylic acids is 1. The molecule has 0 radical (unpaired) electrons. The lowest BCUT2D eigenvalue weighted by molar-refractivity contribution is -0.384. The molecule has 1 fully saturated rings. The lowest BCUT2D eigenvalue weighted by Crippen LogP contribution is -2.36. The fraction of sp³-hybridized carbons (Fsp3) is 0.500. The first-order valence-electron chi connectivity index (χ1n) is 7.83. The van der Waals surface area contributed by atoms with Gasteiger partial charge in [-0.05, 0) is 37.3 Å². The largest absolute Gasteiger partial charge is 0.357 e. The molecule has 0 saturated carbocycles. The van der Waals surface area contributed by atoms with E-state index in [1.807, 2.05) is 0 Å². The maximum absolute atomic E-state index is 12.1. The van der Waals surface area contributed by atoms with E-state index in [4.69, 9.17) is 12.2 Å². The minimum atomic E-state index is -0.452. The number of benzene rings is 1. The molecule has 1 amide bonds. The summed E-state index contributed by atoms with van der Waals surface area (Å²) in [5.74, 6) is 0.813. The van der Waals surface area contributed by atoms with Crippen molar-refractivity contribution in [2.75, 3.05) is 24.2 Å². The summed E-state index contributed by atoms with van der Waals surface area (Å²) in [6, 6.07) is 4.39. The third-order valence-corrected chi connectivity index (χ3v) is 5.59. The standard InChI is InChI=1S/C16H21N3O3S2/c1-11-5-7-18(8-6-11)16(23)24-10-15(20)17-14-4-3-13(19(21)22)9-12(14)2/h3-4,9,11H,5-8,10H2,1-2H3,(H,17,20). The zero-order valence-electron chi connectivity index (χ0n) is 13.8. The van der Waals surface area contributed by atoms with Crippen molar-refractivity contribution >= 4 is 45.6 Å². The number of hydrogen-bond acceptors (Lipinski definition) is 5. The Kier molecular flexibility index (Phi) is 6.56. The number of carbonyl (C=O) groups is 1. The van der Waals surface area contributed by atoms with E-state index in [-0.39, 0.29) is 17.3 Å². The molecule has 1 heterocycles. The first-order valence-corrected chi connectivity index (χ1v) is 9.23. The highest BCUT2D eigenvalue weighted by molar-refractivity contribution is 8.23. The molecule has 130 valence electrons. The third kappa shape index (κ3) is 5.17. The summed E-state index contributed by atoms with van der Waals surface area (Å²) in [5, 5.41) is 13.5. The Labute approximate surface area is 151 Å². The van der Waals surface area contributed by atoms with Crippen molar-refractivity contribution in [2.45, 2.75) is 26.7 Å². The van der Waals surface area contributed by atoms with Crippen molar-refractivity contribution in [3.63, 3.8) is 0 Å². The summed E-state index contributed by atoms with van der Waals surface area (Å²) in [6.45, 7) is 5.88. The summed E-state index contributed by atoms with van der Waals surface area (Å²) in [5.41, 5.74) is 1.26. The molecule has 0 atom stereocenters. The van der Waals surface area contributed by atoms with Gasteiger partial charge in [0.25, 0.3) is 5.69 Å². The number of thiocarbonyl (C=S) groups is 1. The molecule has 1 N–H and O–H groups in total. The van der Waals surface area contributed by atoms with Crippen molar-refractivity contribution in [1.82, 2.24) is 4.90 Å². The Balaban J connectivity index is 1.83. The van der Waals surface area contributed by atoms with Crippen LogP contribution in [0, 0.1) is 23.0 Å². The van der Waals surface area contributed by atoms with Gasteiger partial charge in [0.05, 0.1) is 10.7 Å². The van der Waals surface area contributed by atoms with E-state index in [0.29, 0.717) is 11.3 Å². The van der Waals surface area contributed by atoms with Gasteiger partial charge in [0.2, 0.25) is 5.91 Å². The fourth-order valence-corrected chi connectivity index (χ4v) is 3.55. The van der Waals surface area contributed by atoms with Crippen LogP contribution in [0.15, 0.2) is 18.2 Å². The van der Waals surface area contributed by atoms with Crippen LogP contribution in [0.1, 0.15) is 25.3 Å². The van der Waals surface area contributed by atoms with Gasteiger partial charge >= 0.3 is 0 Å². The predicted molar refractivity (Wildman–Crippen MR) is 101 cm³/mol. The number of thioether (sulfide) groups is 1. The van der Waals surface area contributed by atoms with Gasteiger partial charge in [-0.15, -0.1) is 0 Å². The van der Waals surface area contributed by atoms with Crippen molar-refractivity contribution in [3.8, 4) is 0 Å². The van der Waals surface area contributed by atoms with Crippen LogP contribution in [0.5, 0.6) is 0 Å². The van der Waals surface area contributed by atoms with E-state index in [1.165, 1.54) is 23.9 Å². The molecular formula is C16H21N3O3S2. The van der Waals surface area contributed by atoms with Crippen molar-refractivity contribution in [2.24, 2.45) is 5.92 Å². The van der Waals surface area contributed by atoms with Crippen molar-refractivity contribution < 1.29 is 9.72 Å². The summed E-state index contributed by atoms with van der Waals surface area (Å²) >= 11 is 6.76. The Morgan fingerprint density at radius 3 is 2.71 bits per heavy atom. The number of anilines is 1. The third-order valence-electron chi connectivity index (χ3n) is 4.06. The smallest absolute Gasteiger partial charge is 0.269 e. The van der Waals surface area contributed by atoms with E-state index >= 15 is 0 Å². The van der Waals surface area contributed by atoms with E-state index < -0.39 is 4.92 Å². The second-order valence-corrected chi connectivity index (χ2v) is 7.64. The topological polar surface area (TPSA) is 75.5 Å². The van der Waals surface area contributed by atoms with Gasteiger partial charge in [-0.2, -0.15) is 0 Å². The minimum Gasteiger partial charge on any atom is -0.357 e. The number of amides is 1. The van der Waals surface area contributed by atoms with E-state index in [2.05, 4.69) is 17.1 Å². The molecule has 8 heteroatoms. The number of piperidine rings is 1. The van der Waals surface area contributed by atoms with Gasteiger partial charge in [-0.3, -0.25) is 14.9 Å². The van der Waals surface area contributed by atoms with Crippen molar-refractivity contribution in [3.05, 3.63) is 33.9 Å². The maximum Gasteiger partial charge on any atom is 0.269 e. The fourth-order valence-electron chi connectivity index (χ4n) is 2.50. The number of nitro groups is 1. The van der Waals surface area contributed by atoms with Gasteiger partial charge in [0.1, 0.15) is 4.32 Å². The molecule has 1 aromatic rings. The molecule has 0 unspecified atom stereocenters. The summed E-state index contributed by atoms with van der Waals surface area (Å²) in [6.07, 6.45) is 2.27. The quantitative estimate of drug-likeness (QED) is 0.498. The highest BCUT2D eigenvalue weighted by Gasteiger charge is 2.19. The Morgan fingerprint density at radius 1 is 1.46 bits per heavy atom. The monoisotopic (exact) mass is 367 g/mol. The Hall–Kier alpha value is -1.67. The number of nitrogens with zero attached hydrogens (tertiary/aromatic N) is 2. The van der Waals surface area contributed by atoms with E-state index in [9.17, 15) is 14.9 Å². The van der Waals surface area contributed by atoms with Gasteiger partial charge in [0, 0.05) is 30.9 Å². The number of aryl methyl sites for hydroxylation is 1. The number of nitro benzene ring substituents is 1. The van der Waals surface area contributed by atoms with Crippen LogP contribution in [-0.2, 0) is 4.79 Å². The Bertz CT molecular complexity index is 643. The van der Waals surface area contributed by atoms with Gasteiger partial charge in [-0.1, -0.05) is 30.9 Å². The molecule has 0 spiro atoms. The molecule has 1 aromatic carbocycles. The second-order valence-electron chi connectivity index (χ2n) is 6.03. The molecule has 1 saturated heterocycles. The molecule has 24 heavy (non-hydrogen) atoms. The lowest BCUT2D eigenvalue weighted by Gasteiger charge is -2.31. The van der Waals surface area contributed by atoms with Crippen LogP contribution in [0.2, 0.25) is 0 Å². The molecule has 0 aliphatic carbocycles. The van der Waals surface area contributed by atoms with Crippen molar-refractivity contribution in [1.29, 1.82) is 0 Å². The lowest BCUT2D eigenvalue weighted by atomic mass is 10.00. The minimum absolute atomic E-state index is 0.0142. The summed E-state index contributed by atoms with van der Waals surface area (Å²) < 4.78 is 0.762. The van der Waals surface area contributed by atoms with E-state index in [1.54, 1.807) is 13.0 Å². The SMILES string of the molecule is Cc1cc([N+](=O)[O-])ccc1NC(=O)CSC(=S)N1CCC(C)CC1. The van der Waals surface area contributed by atoms with Crippen LogP contribution in [0.4, 0.5) is 11.4 Å². The Morgan fingerprint density at radius 2 is 2.12 bits per heavy atom. The normalized spacial score (nSPS) is 15.2. The number of nitrogens with one attached hydrogen (secondary N) is 1. The highest BCUT2D eigenvalue weighted by atomic mass is 32.2. The first-order chi connectivity index (χ1) is 11.4. The molecule has 0 bridgehead atoms. The molecule has 1 aliphatic heterocycles. The molecule has 6 nitrogen and oxygen atoms in total. The molecule has 2 rings (SSSR count). The van der Waals surface area contributed by atoms with Gasteiger partial charge in [0.15, 0.2) is 0 Å². The van der Waals surface area contributed by atoms with E-state index in [0.717, 1.165) is 36.2 Å². The van der Waals surface area contributed by atoms with Crippen LogP contribution in [0.25, 0.3) is 0 Å². The zero-order chi connectivity index (χ0) is 17.7. The summed E-state index contributed by atoms with van der Waals surface area (Å²) in [4.78, 5) is 24.5. The van der Waals surface area contributed by atoms with Crippen LogP contribution in [-0.4, -0.2) is 38.9 Å². The molecular weight excluding hydrogens is 346 g/mol. The second kappa shape index (κ2) is 8.43. The van der Waals surface area contributed by atoms with Crippen LogP contribution in [0.3, 0.4) is 0 Å². The molecule has 1 aliphatic rings. The number of hydrogen-bond donors (Lipinski definition) is 1. The first kappa shape index (κ1) is 18.7. The average molecular weight is 367 g/mol. The zero-order valence-corrected chi connectivity index (χ0v) is 15.4. The maximum atomic E-state index is 12.1. The number of rotatable bonds is 4. The molecule has 0 aromatic heterocycles. The predicted octanol–water partition coefficient (Wildman–Crippen LogP) is 3.59. The van der Waals surface area contributed by atoms with Crippen LogP contribution >= 0.6 is 24.0 Å². The number of non-ortho nitro benzene ring substituents is 1. The summed E-state index contributed by atoms with van der Waals surface area (Å²) in [7, 11) is 0. The highest BCUT2D eigenvalue weighted by Crippen LogP contribution is 2.23. The van der Waals surface area contributed by atoms with Gasteiger partial charge < -0.3 is 10.2 Å².